The predicted octanol–water partition coefficient (Wildman–Crippen LogP) is 1.31. The van der Waals surface area contributed by atoms with Crippen LogP contribution in [0.3, 0.4) is 0 Å². The molecule has 1 aromatic rings. The van der Waals surface area contributed by atoms with Crippen molar-refractivity contribution in [3.8, 4) is 0 Å². The maximum Gasteiger partial charge on any atom is 0.341 e. The zero-order valence-corrected chi connectivity index (χ0v) is 9.17. The van der Waals surface area contributed by atoms with E-state index >= 15 is 0 Å². The number of anilines is 1. The first-order valence-corrected chi connectivity index (χ1v) is 4.77. The molecule has 76 valence electrons. The third kappa shape index (κ3) is 2.43. The van der Waals surface area contributed by atoms with Gasteiger partial charge in [-0.3, -0.25) is 0 Å². The number of rotatable bonds is 3. The molecule has 3 N–H and O–H groups in total. The predicted molar refractivity (Wildman–Crippen MR) is 55.7 cm³/mol. The molecular weight excluding hydrogens is 250 g/mol. The molecule has 0 aliphatic carbocycles. The fraction of sp³-hybridized carbons (Fsp3) is 0.250. The molecule has 0 fully saturated rings. The Kier molecular flexibility index (Phi) is 3.84. The van der Waals surface area contributed by atoms with Crippen LogP contribution in [0, 0.1) is 0 Å². The van der Waals surface area contributed by atoms with Gasteiger partial charge in [-0.15, -0.1) is 0 Å². The van der Waals surface area contributed by atoms with Gasteiger partial charge in [-0.1, -0.05) is 0 Å². The van der Waals surface area contributed by atoms with Gasteiger partial charge in [0.2, 0.25) is 0 Å². The lowest BCUT2D eigenvalue weighted by molar-refractivity contribution is 0.0527. The summed E-state index contributed by atoms with van der Waals surface area (Å²) >= 11 is 3.21. The van der Waals surface area contributed by atoms with E-state index in [1.54, 1.807) is 13.0 Å². The number of carbonyl (C=O) groups is 1. The van der Waals surface area contributed by atoms with Gasteiger partial charge in [-0.05, 0) is 28.9 Å². The summed E-state index contributed by atoms with van der Waals surface area (Å²) in [5.41, 5.74) is 2.64. The zero-order chi connectivity index (χ0) is 10.6. The lowest BCUT2D eigenvalue weighted by atomic mass is 10.2. The third-order valence-electron chi connectivity index (χ3n) is 1.49. The summed E-state index contributed by atoms with van der Waals surface area (Å²) in [4.78, 5) is 15.3. The highest BCUT2D eigenvalue weighted by atomic mass is 79.9. The number of hydrogen-bond donors (Lipinski definition) is 2. The van der Waals surface area contributed by atoms with Crippen LogP contribution in [0.15, 0.2) is 16.7 Å². The summed E-state index contributed by atoms with van der Waals surface area (Å²) in [6.07, 6.45) is 1.54. The third-order valence-corrected chi connectivity index (χ3v) is 1.92. The second kappa shape index (κ2) is 4.92. The Balaban J connectivity index is 3.03. The van der Waals surface area contributed by atoms with Crippen LogP contribution in [0.4, 0.5) is 5.82 Å². The molecular formula is C8H10BrN3O2. The summed E-state index contributed by atoms with van der Waals surface area (Å²) in [5, 5.41) is 0. The Labute approximate surface area is 89.7 Å². The van der Waals surface area contributed by atoms with E-state index in [2.05, 4.69) is 26.3 Å². The van der Waals surface area contributed by atoms with Gasteiger partial charge >= 0.3 is 5.97 Å². The van der Waals surface area contributed by atoms with E-state index in [0.29, 0.717) is 22.5 Å². The van der Waals surface area contributed by atoms with E-state index in [1.165, 1.54) is 6.20 Å². The Bertz CT molecular complexity index is 343. The fourth-order valence-electron chi connectivity index (χ4n) is 0.919. The first-order valence-electron chi connectivity index (χ1n) is 3.98. The molecule has 0 spiro atoms. The largest absolute Gasteiger partial charge is 0.462 e. The number of nitrogens with one attached hydrogen (secondary N) is 1. The molecule has 0 aliphatic heterocycles. The molecule has 1 heterocycles. The van der Waals surface area contributed by atoms with Crippen molar-refractivity contribution >= 4 is 27.7 Å². The van der Waals surface area contributed by atoms with Crippen molar-refractivity contribution in [2.75, 3.05) is 12.0 Å². The van der Waals surface area contributed by atoms with Crippen LogP contribution in [0.25, 0.3) is 0 Å². The number of pyridine rings is 1. The normalized spacial score (nSPS) is 9.64. The number of nitrogens with zero attached hydrogens (tertiary/aromatic N) is 1. The van der Waals surface area contributed by atoms with Crippen molar-refractivity contribution in [3.05, 3.63) is 22.3 Å². The second-order valence-electron chi connectivity index (χ2n) is 2.41. The SMILES string of the molecule is CCOC(=O)c1cc(Br)cnc1NN. The highest BCUT2D eigenvalue weighted by molar-refractivity contribution is 9.10. The maximum absolute atomic E-state index is 11.4. The fourth-order valence-corrected chi connectivity index (χ4v) is 1.25. The van der Waals surface area contributed by atoms with Crippen molar-refractivity contribution in [1.82, 2.24) is 4.98 Å². The van der Waals surface area contributed by atoms with E-state index in [1.807, 2.05) is 0 Å². The van der Waals surface area contributed by atoms with Crippen molar-refractivity contribution in [3.63, 3.8) is 0 Å². The zero-order valence-electron chi connectivity index (χ0n) is 7.58. The van der Waals surface area contributed by atoms with Crippen LogP contribution in [-0.4, -0.2) is 17.6 Å². The number of halogens is 1. The number of hydrazine groups is 1. The van der Waals surface area contributed by atoms with Crippen molar-refractivity contribution in [2.24, 2.45) is 5.84 Å². The Morgan fingerprint density at radius 2 is 2.50 bits per heavy atom. The number of hydrogen-bond acceptors (Lipinski definition) is 5. The Morgan fingerprint density at radius 1 is 1.79 bits per heavy atom. The quantitative estimate of drug-likeness (QED) is 0.486. The maximum atomic E-state index is 11.4. The van der Waals surface area contributed by atoms with Gasteiger partial charge in [-0.2, -0.15) is 0 Å². The van der Waals surface area contributed by atoms with Crippen molar-refractivity contribution in [1.29, 1.82) is 0 Å². The molecule has 0 bridgehead atoms. The minimum absolute atomic E-state index is 0.298. The molecule has 1 rings (SSSR count). The van der Waals surface area contributed by atoms with E-state index < -0.39 is 5.97 Å². The molecule has 0 amide bonds. The summed E-state index contributed by atoms with van der Waals surface area (Å²) in [6, 6.07) is 1.60. The van der Waals surface area contributed by atoms with Crippen molar-refractivity contribution < 1.29 is 9.53 Å². The standard InChI is InChI=1S/C8H10BrN3O2/c1-2-14-8(13)6-3-5(9)4-11-7(6)12-10/h3-4H,2,10H2,1H3,(H,11,12). The van der Waals surface area contributed by atoms with Crippen LogP contribution in [0.2, 0.25) is 0 Å². The van der Waals surface area contributed by atoms with Gasteiger partial charge in [0.15, 0.2) is 5.82 Å². The molecule has 0 unspecified atom stereocenters. The second-order valence-corrected chi connectivity index (χ2v) is 3.33. The lowest BCUT2D eigenvalue weighted by Crippen LogP contribution is -2.15. The lowest BCUT2D eigenvalue weighted by Gasteiger charge is -2.06. The Hall–Kier alpha value is -1.14. The number of carbonyl (C=O) groups excluding carboxylic acids is 1. The van der Waals surface area contributed by atoms with E-state index in [4.69, 9.17) is 10.6 Å². The molecule has 0 aromatic carbocycles. The molecule has 14 heavy (non-hydrogen) atoms. The van der Waals surface area contributed by atoms with Crippen molar-refractivity contribution in [2.45, 2.75) is 6.92 Å². The number of esters is 1. The van der Waals surface area contributed by atoms with Gasteiger partial charge in [0.25, 0.3) is 0 Å². The average molecular weight is 260 g/mol. The minimum Gasteiger partial charge on any atom is -0.462 e. The van der Waals surface area contributed by atoms with E-state index in [-0.39, 0.29) is 0 Å². The minimum atomic E-state index is -0.450. The smallest absolute Gasteiger partial charge is 0.341 e. The summed E-state index contributed by atoms with van der Waals surface area (Å²) < 4.78 is 5.52. The van der Waals surface area contributed by atoms with Gasteiger partial charge in [-0.25, -0.2) is 15.6 Å². The molecule has 1 aromatic heterocycles. The van der Waals surface area contributed by atoms with Crippen LogP contribution < -0.4 is 11.3 Å². The summed E-state index contributed by atoms with van der Waals surface area (Å²) in [7, 11) is 0. The molecule has 5 nitrogen and oxygen atoms in total. The highest BCUT2D eigenvalue weighted by Crippen LogP contribution is 2.17. The number of nitrogen functional groups attached to an aromatic ring is 1. The van der Waals surface area contributed by atoms with E-state index in [0.717, 1.165) is 0 Å². The molecule has 0 saturated carbocycles. The number of aromatic nitrogens is 1. The van der Waals surface area contributed by atoms with Crippen LogP contribution >= 0.6 is 15.9 Å². The molecule has 0 aliphatic rings. The molecule has 0 atom stereocenters. The van der Waals surface area contributed by atoms with Gasteiger partial charge in [0, 0.05) is 10.7 Å². The monoisotopic (exact) mass is 259 g/mol. The van der Waals surface area contributed by atoms with Crippen LogP contribution in [0.1, 0.15) is 17.3 Å². The molecule has 6 heteroatoms. The number of ether oxygens (including phenoxy) is 1. The van der Waals surface area contributed by atoms with E-state index in [9.17, 15) is 4.79 Å². The number of nitrogens with two attached hydrogens (primary N) is 1. The molecule has 0 saturated heterocycles. The molecule has 0 radical (unpaired) electrons. The van der Waals surface area contributed by atoms with Crippen LogP contribution in [-0.2, 0) is 4.74 Å². The van der Waals surface area contributed by atoms with Gasteiger partial charge < -0.3 is 10.2 Å². The van der Waals surface area contributed by atoms with Gasteiger partial charge in [0.05, 0.1) is 6.61 Å². The Morgan fingerprint density at radius 3 is 3.07 bits per heavy atom. The first kappa shape index (κ1) is 10.9. The summed E-state index contributed by atoms with van der Waals surface area (Å²) in [5.74, 6) is 5.05. The average Bonchev–Trinajstić information content (AvgIpc) is 2.18. The van der Waals surface area contributed by atoms with Gasteiger partial charge in [0.1, 0.15) is 5.56 Å². The topological polar surface area (TPSA) is 77.2 Å². The first-order chi connectivity index (χ1) is 6.69. The highest BCUT2D eigenvalue weighted by Gasteiger charge is 2.13. The summed E-state index contributed by atoms with van der Waals surface area (Å²) in [6.45, 7) is 2.05. The van der Waals surface area contributed by atoms with Crippen LogP contribution in [0.5, 0.6) is 0 Å².